The topological polar surface area (TPSA) is 57.2 Å². The minimum Gasteiger partial charge on any atom is -0.330 e. The first-order valence-corrected chi connectivity index (χ1v) is 13.7. The molecule has 0 saturated carbocycles. The van der Waals surface area contributed by atoms with Gasteiger partial charge >= 0.3 is 0 Å². The second kappa shape index (κ2) is 15.3. The Balaban J connectivity index is 1.52. The fourth-order valence-electron chi connectivity index (χ4n) is 5.02. The Labute approximate surface area is 224 Å². The maximum atomic E-state index is 5.57. The summed E-state index contributed by atoms with van der Waals surface area (Å²) in [6.45, 7) is 13.4. The molecule has 1 fully saturated rings. The van der Waals surface area contributed by atoms with Crippen LogP contribution in [-0.4, -0.2) is 50.7 Å². The molecule has 37 heavy (non-hydrogen) atoms. The van der Waals surface area contributed by atoms with E-state index in [4.69, 9.17) is 5.73 Å². The van der Waals surface area contributed by atoms with Gasteiger partial charge in [-0.3, -0.25) is 4.99 Å². The van der Waals surface area contributed by atoms with Crippen LogP contribution in [0.1, 0.15) is 55.2 Å². The number of allylic oxidation sites excluding steroid dienone is 3. The van der Waals surface area contributed by atoms with Crippen LogP contribution in [0.3, 0.4) is 0 Å². The Morgan fingerprint density at radius 1 is 1.16 bits per heavy atom. The molecule has 0 aliphatic carbocycles. The Hall–Kier alpha value is -3.02. The molecule has 2 aromatic rings. The zero-order chi connectivity index (χ0) is 26.5. The molecule has 1 aliphatic heterocycles. The molecule has 0 spiro atoms. The van der Waals surface area contributed by atoms with Gasteiger partial charge in [-0.1, -0.05) is 54.6 Å². The smallest absolute Gasteiger partial charge is 0.122 e. The van der Waals surface area contributed by atoms with Crippen molar-refractivity contribution in [1.82, 2.24) is 4.90 Å². The third-order valence-electron chi connectivity index (χ3n) is 7.14. The normalized spacial score (nSPS) is 17.3. The highest BCUT2D eigenvalue weighted by molar-refractivity contribution is 5.95. The molecule has 3 rings (SSSR count). The number of nitrogens with zero attached hydrogens (tertiary/aromatic N) is 4. The highest BCUT2D eigenvalue weighted by atomic mass is 15.5. The SMILES string of the molecule is C=CCC(/C=C\CCc1ccc(N(N=C)/C(C)=N\CCCN)cc1)c1ccc(CC2CCN(C)C2)cc1. The molecule has 1 saturated heterocycles. The summed E-state index contributed by atoms with van der Waals surface area (Å²) in [6.07, 6.45) is 13.0. The van der Waals surface area contributed by atoms with E-state index in [-0.39, 0.29) is 0 Å². The van der Waals surface area contributed by atoms with Crippen molar-refractivity contribution in [1.29, 1.82) is 0 Å². The summed E-state index contributed by atoms with van der Waals surface area (Å²) in [7, 11) is 2.22. The van der Waals surface area contributed by atoms with E-state index >= 15 is 0 Å². The average molecular weight is 500 g/mol. The summed E-state index contributed by atoms with van der Waals surface area (Å²) in [5.74, 6) is 2.00. The van der Waals surface area contributed by atoms with E-state index in [0.29, 0.717) is 19.0 Å². The van der Waals surface area contributed by atoms with Gasteiger partial charge in [0, 0.05) is 25.7 Å². The summed E-state index contributed by atoms with van der Waals surface area (Å²) < 4.78 is 0. The van der Waals surface area contributed by atoms with Gasteiger partial charge in [0.15, 0.2) is 0 Å². The quantitative estimate of drug-likeness (QED) is 0.110. The third-order valence-corrected chi connectivity index (χ3v) is 7.14. The molecule has 198 valence electrons. The lowest BCUT2D eigenvalue weighted by Gasteiger charge is -2.18. The van der Waals surface area contributed by atoms with Crippen LogP contribution >= 0.6 is 0 Å². The summed E-state index contributed by atoms with van der Waals surface area (Å²) in [4.78, 5) is 6.98. The molecule has 0 bridgehead atoms. The molecular weight excluding hydrogens is 454 g/mol. The van der Waals surface area contributed by atoms with Crippen LogP contribution in [0.2, 0.25) is 0 Å². The maximum absolute atomic E-state index is 5.57. The first-order valence-electron chi connectivity index (χ1n) is 13.7. The molecule has 0 aromatic heterocycles. The number of nitrogens with two attached hydrogens (primary N) is 1. The van der Waals surface area contributed by atoms with E-state index in [1.54, 1.807) is 5.01 Å². The number of hydrazone groups is 1. The first kappa shape index (κ1) is 28.5. The number of hydrogen-bond donors (Lipinski definition) is 1. The standard InChI is InChI=1S/C32H45N5/c1-5-9-30(31-16-12-28(13-17-31)24-29-20-23-36(4)25-29)11-7-6-10-27-14-18-32(19-15-27)37(34-3)26(2)35-22-8-21-33/h5,7,11-19,29-30H,1,3,6,8-10,20-25,33H2,2,4H3/b11-7-,35-26-. The van der Waals surface area contributed by atoms with Gasteiger partial charge in [-0.15, -0.1) is 6.58 Å². The van der Waals surface area contributed by atoms with Crippen LogP contribution in [-0.2, 0) is 12.8 Å². The van der Waals surface area contributed by atoms with Gasteiger partial charge in [-0.2, -0.15) is 5.10 Å². The monoisotopic (exact) mass is 499 g/mol. The lowest BCUT2D eigenvalue weighted by atomic mass is 9.92. The van der Waals surface area contributed by atoms with Crippen molar-refractivity contribution in [3.05, 3.63) is 90.0 Å². The van der Waals surface area contributed by atoms with Crippen molar-refractivity contribution >= 4 is 18.2 Å². The van der Waals surface area contributed by atoms with Gasteiger partial charge in [-0.25, -0.2) is 5.01 Å². The molecule has 2 N–H and O–H groups in total. The Morgan fingerprint density at radius 3 is 2.51 bits per heavy atom. The van der Waals surface area contributed by atoms with Crippen LogP contribution in [0.4, 0.5) is 5.69 Å². The summed E-state index contributed by atoms with van der Waals surface area (Å²) in [5.41, 5.74) is 10.7. The lowest BCUT2D eigenvalue weighted by molar-refractivity contribution is 0.394. The number of aryl methyl sites for hydroxylation is 1. The molecule has 5 heteroatoms. The highest BCUT2D eigenvalue weighted by Crippen LogP contribution is 2.25. The van der Waals surface area contributed by atoms with Gasteiger partial charge < -0.3 is 10.6 Å². The number of rotatable bonds is 14. The van der Waals surface area contributed by atoms with E-state index in [1.165, 1.54) is 42.6 Å². The molecule has 2 unspecified atom stereocenters. The average Bonchev–Trinajstić information content (AvgIpc) is 3.32. The van der Waals surface area contributed by atoms with Crippen molar-refractivity contribution in [2.24, 2.45) is 21.7 Å². The highest BCUT2D eigenvalue weighted by Gasteiger charge is 2.19. The van der Waals surface area contributed by atoms with Gasteiger partial charge in [0.1, 0.15) is 5.84 Å². The molecular formula is C32H45N5. The Morgan fingerprint density at radius 2 is 1.89 bits per heavy atom. The predicted octanol–water partition coefficient (Wildman–Crippen LogP) is 6.22. The zero-order valence-corrected chi connectivity index (χ0v) is 22.9. The van der Waals surface area contributed by atoms with Gasteiger partial charge in [0.05, 0.1) is 5.69 Å². The van der Waals surface area contributed by atoms with Gasteiger partial charge in [0.2, 0.25) is 0 Å². The van der Waals surface area contributed by atoms with Crippen LogP contribution < -0.4 is 10.7 Å². The van der Waals surface area contributed by atoms with Gasteiger partial charge in [0.25, 0.3) is 0 Å². The summed E-state index contributed by atoms with van der Waals surface area (Å²) in [5, 5.41) is 5.92. The number of hydrogen-bond acceptors (Lipinski definition) is 4. The molecule has 2 aromatic carbocycles. The fraction of sp³-hybridized carbons (Fsp3) is 0.438. The van der Waals surface area contributed by atoms with E-state index in [9.17, 15) is 0 Å². The van der Waals surface area contributed by atoms with Crippen LogP contribution in [0, 0.1) is 5.92 Å². The molecule has 1 heterocycles. The number of anilines is 1. The van der Waals surface area contributed by atoms with Crippen molar-refractivity contribution in [3.8, 4) is 0 Å². The molecule has 2 atom stereocenters. The van der Waals surface area contributed by atoms with Crippen LogP contribution in [0.25, 0.3) is 0 Å². The molecule has 0 radical (unpaired) electrons. The van der Waals surface area contributed by atoms with Crippen molar-refractivity contribution in [2.45, 2.75) is 51.4 Å². The van der Waals surface area contributed by atoms with E-state index in [0.717, 1.165) is 43.1 Å². The second-order valence-electron chi connectivity index (χ2n) is 10.2. The second-order valence-corrected chi connectivity index (χ2v) is 10.2. The lowest BCUT2D eigenvalue weighted by Crippen LogP contribution is -2.22. The van der Waals surface area contributed by atoms with E-state index < -0.39 is 0 Å². The Kier molecular flexibility index (Phi) is 11.8. The maximum Gasteiger partial charge on any atom is 0.122 e. The van der Waals surface area contributed by atoms with E-state index in [2.05, 4.69) is 96.0 Å². The molecule has 1 aliphatic rings. The van der Waals surface area contributed by atoms with Crippen LogP contribution in [0.15, 0.2) is 83.4 Å². The number of amidine groups is 1. The number of benzene rings is 2. The largest absolute Gasteiger partial charge is 0.330 e. The number of aliphatic imine (C=N–C) groups is 1. The van der Waals surface area contributed by atoms with Crippen molar-refractivity contribution < 1.29 is 0 Å². The third kappa shape index (κ3) is 9.10. The number of likely N-dealkylation sites (tertiary alicyclic amines) is 1. The minimum absolute atomic E-state index is 0.375. The first-order chi connectivity index (χ1) is 18.0. The fourth-order valence-corrected chi connectivity index (χ4v) is 5.02. The van der Waals surface area contributed by atoms with Crippen molar-refractivity contribution in [2.75, 3.05) is 38.2 Å². The molecule has 5 nitrogen and oxygen atoms in total. The van der Waals surface area contributed by atoms with E-state index in [1.807, 2.05) is 13.0 Å². The molecule has 0 amide bonds. The van der Waals surface area contributed by atoms with Crippen molar-refractivity contribution in [3.63, 3.8) is 0 Å². The summed E-state index contributed by atoms with van der Waals surface area (Å²) in [6, 6.07) is 17.8. The zero-order valence-electron chi connectivity index (χ0n) is 22.9. The predicted molar refractivity (Wildman–Crippen MR) is 161 cm³/mol. The van der Waals surface area contributed by atoms with Crippen LogP contribution in [0.5, 0.6) is 0 Å². The van der Waals surface area contributed by atoms with Gasteiger partial charge in [-0.05, 0) is 100 Å². The Bertz CT molecular complexity index is 1020. The summed E-state index contributed by atoms with van der Waals surface area (Å²) >= 11 is 0. The minimum atomic E-state index is 0.375.